The van der Waals surface area contributed by atoms with Gasteiger partial charge in [-0.25, -0.2) is 4.79 Å². The van der Waals surface area contributed by atoms with Gasteiger partial charge in [-0.15, -0.1) is 6.58 Å². The zero-order valence-corrected chi connectivity index (χ0v) is 16.2. The van der Waals surface area contributed by atoms with E-state index in [2.05, 4.69) is 30.1 Å². The Hall–Kier alpha value is -1.85. The second kappa shape index (κ2) is 9.90. The van der Waals surface area contributed by atoms with E-state index in [1.54, 1.807) is 6.08 Å². The van der Waals surface area contributed by atoms with Crippen molar-refractivity contribution in [2.75, 3.05) is 26.9 Å². The van der Waals surface area contributed by atoms with Crippen molar-refractivity contribution in [3.05, 3.63) is 47.5 Å². The average molecular weight is 373 g/mol. The second-order valence-corrected chi connectivity index (χ2v) is 7.47. The van der Waals surface area contributed by atoms with Gasteiger partial charge in [0.1, 0.15) is 0 Å². The standard InChI is InChI=1S/C22H31NO4/c1-3-10-26-11-12-27-21-9-7-17-13-16(4-5-19(17)15-21)18-6-8-20(14-18)23-22(24)25-2/h3-5,13,18,20-21H,1,6-12,14-15H2,2H3,(H,23,24). The molecule has 1 fully saturated rings. The van der Waals surface area contributed by atoms with Crippen LogP contribution in [0.1, 0.15) is 48.3 Å². The number of hydrogen-bond acceptors (Lipinski definition) is 4. The molecule has 1 saturated carbocycles. The van der Waals surface area contributed by atoms with Crippen molar-refractivity contribution in [1.29, 1.82) is 0 Å². The van der Waals surface area contributed by atoms with Crippen molar-refractivity contribution in [2.24, 2.45) is 0 Å². The first-order valence-corrected chi connectivity index (χ1v) is 9.96. The van der Waals surface area contributed by atoms with E-state index in [1.165, 1.54) is 23.8 Å². The third-order valence-electron chi connectivity index (χ3n) is 5.64. The van der Waals surface area contributed by atoms with Crippen LogP contribution in [-0.4, -0.2) is 45.2 Å². The molecule has 3 atom stereocenters. The van der Waals surface area contributed by atoms with Crippen LogP contribution in [0.25, 0.3) is 0 Å². The summed E-state index contributed by atoms with van der Waals surface area (Å²) in [6, 6.07) is 7.14. The second-order valence-electron chi connectivity index (χ2n) is 7.47. The fourth-order valence-corrected chi connectivity index (χ4v) is 4.22. The van der Waals surface area contributed by atoms with Gasteiger partial charge in [-0.05, 0) is 61.1 Å². The molecular formula is C22H31NO4. The zero-order valence-electron chi connectivity index (χ0n) is 16.2. The molecule has 5 heteroatoms. The normalized spacial score (nSPS) is 24.3. The van der Waals surface area contributed by atoms with E-state index in [0.29, 0.717) is 25.7 Å². The summed E-state index contributed by atoms with van der Waals surface area (Å²) in [6.07, 6.45) is 7.95. The molecule has 0 aromatic heterocycles. The van der Waals surface area contributed by atoms with E-state index in [-0.39, 0.29) is 18.2 Å². The number of alkyl carbamates (subject to hydrolysis) is 1. The lowest BCUT2D eigenvalue weighted by molar-refractivity contribution is 0.00495. The van der Waals surface area contributed by atoms with Crippen LogP contribution in [0.5, 0.6) is 0 Å². The van der Waals surface area contributed by atoms with E-state index in [9.17, 15) is 4.79 Å². The first-order chi connectivity index (χ1) is 13.2. The Morgan fingerprint density at radius 2 is 2.15 bits per heavy atom. The van der Waals surface area contributed by atoms with Gasteiger partial charge in [-0.1, -0.05) is 24.3 Å². The highest BCUT2D eigenvalue weighted by Gasteiger charge is 2.28. The number of fused-ring (bicyclic) bond motifs is 1. The van der Waals surface area contributed by atoms with Gasteiger partial charge in [0.15, 0.2) is 0 Å². The summed E-state index contributed by atoms with van der Waals surface area (Å²) in [5, 5.41) is 2.94. The van der Waals surface area contributed by atoms with E-state index in [1.807, 2.05) is 0 Å². The molecule has 0 radical (unpaired) electrons. The van der Waals surface area contributed by atoms with Gasteiger partial charge in [0, 0.05) is 6.04 Å². The van der Waals surface area contributed by atoms with E-state index in [4.69, 9.17) is 14.2 Å². The van der Waals surface area contributed by atoms with Crippen LogP contribution in [0.2, 0.25) is 0 Å². The van der Waals surface area contributed by atoms with Gasteiger partial charge in [0.05, 0.1) is 33.0 Å². The molecule has 0 heterocycles. The predicted octanol–water partition coefficient (Wildman–Crippen LogP) is 3.76. The molecule has 27 heavy (non-hydrogen) atoms. The molecule has 1 amide bonds. The highest BCUT2D eigenvalue weighted by molar-refractivity contribution is 5.67. The number of aryl methyl sites for hydroxylation is 1. The minimum Gasteiger partial charge on any atom is -0.453 e. The van der Waals surface area contributed by atoms with Gasteiger partial charge in [0.2, 0.25) is 0 Å². The Morgan fingerprint density at radius 3 is 2.96 bits per heavy atom. The lowest BCUT2D eigenvalue weighted by Gasteiger charge is -2.26. The summed E-state index contributed by atoms with van der Waals surface area (Å²) in [4.78, 5) is 11.4. The lowest BCUT2D eigenvalue weighted by atomic mass is 9.86. The maximum absolute atomic E-state index is 11.4. The van der Waals surface area contributed by atoms with Crippen LogP contribution in [0, 0.1) is 0 Å². The molecule has 2 aliphatic carbocycles. The van der Waals surface area contributed by atoms with Crippen molar-refractivity contribution in [3.63, 3.8) is 0 Å². The van der Waals surface area contributed by atoms with Crippen molar-refractivity contribution >= 4 is 6.09 Å². The van der Waals surface area contributed by atoms with Crippen LogP contribution in [0.4, 0.5) is 4.79 Å². The summed E-state index contributed by atoms with van der Waals surface area (Å²) in [7, 11) is 1.41. The molecule has 148 valence electrons. The predicted molar refractivity (Wildman–Crippen MR) is 105 cm³/mol. The Kier molecular flexibility index (Phi) is 7.30. The number of carbonyl (C=O) groups is 1. The van der Waals surface area contributed by atoms with Crippen molar-refractivity contribution in [3.8, 4) is 0 Å². The minimum atomic E-state index is -0.327. The van der Waals surface area contributed by atoms with Gasteiger partial charge in [0.25, 0.3) is 0 Å². The third kappa shape index (κ3) is 5.56. The first kappa shape index (κ1) is 19.9. The number of carbonyl (C=O) groups excluding carboxylic acids is 1. The number of nitrogens with one attached hydrogen (secondary N) is 1. The molecule has 1 aromatic carbocycles. The number of ether oxygens (including phenoxy) is 3. The van der Waals surface area contributed by atoms with E-state index in [0.717, 1.165) is 38.5 Å². The van der Waals surface area contributed by atoms with Gasteiger partial charge in [-0.3, -0.25) is 0 Å². The summed E-state index contributed by atoms with van der Waals surface area (Å²) in [5.41, 5.74) is 4.27. The van der Waals surface area contributed by atoms with Crippen molar-refractivity contribution in [2.45, 2.75) is 56.6 Å². The van der Waals surface area contributed by atoms with Crippen LogP contribution in [0.15, 0.2) is 30.9 Å². The van der Waals surface area contributed by atoms with Gasteiger partial charge >= 0.3 is 6.09 Å². The van der Waals surface area contributed by atoms with Crippen molar-refractivity contribution in [1.82, 2.24) is 5.32 Å². The molecule has 1 N–H and O–H groups in total. The number of benzene rings is 1. The maximum Gasteiger partial charge on any atom is 0.407 e. The van der Waals surface area contributed by atoms with Gasteiger partial charge in [-0.2, -0.15) is 0 Å². The van der Waals surface area contributed by atoms with Gasteiger partial charge < -0.3 is 19.5 Å². The largest absolute Gasteiger partial charge is 0.453 e. The molecule has 3 rings (SSSR count). The molecule has 0 aliphatic heterocycles. The van der Waals surface area contributed by atoms with Crippen molar-refractivity contribution < 1.29 is 19.0 Å². The van der Waals surface area contributed by atoms with Crippen LogP contribution >= 0.6 is 0 Å². The SMILES string of the molecule is C=CCOCCOC1CCc2cc(C3CCC(NC(=O)OC)C3)ccc2C1. The molecule has 0 spiro atoms. The van der Waals surface area contributed by atoms with Crippen LogP contribution < -0.4 is 5.32 Å². The molecule has 1 aromatic rings. The summed E-state index contributed by atoms with van der Waals surface area (Å²) in [6.45, 7) is 5.48. The quantitative estimate of drug-likeness (QED) is 0.557. The Balaban J connectivity index is 1.50. The van der Waals surface area contributed by atoms with Crippen LogP contribution in [-0.2, 0) is 27.1 Å². The summed E-state index contributed by atoms with van der Waals surface area (Å²) < 4.78 is 16.1. The molecular weight excluding hydrogens is 342 g/mol. The zero-order chi connectivity index (χ0) is 19.1. The molecule has 0 saturated heterocycles. The maximum atomic E-state index is 11.4. The first-order valence-electron chi connectivity index (χ1n) is 9.96. The highest BCUT2D eigenvalue weighted by Crippen LogP contribution is 2.36. The Labute approximate surface area is 162 Å². The minimum absolute atomic E-state index is 0.222. The number of rotatable bonds is 8. The summed E-state index contributed by atoms with van der Waals surface area (Å²) >= 11 is 0. The monoisotopic (exact) mass is 373 g/mol. The van der Waals surface area contributed by atoms with E-state index < -0.39 is 0 Å². The smallest absolute Gasteiger partial charge is 0.407 e. The molecule has 5 nitrogen and oxygen atoms in total. The molecule has 2 aliphatic rings. The molecule has 3 unspecified atom stereocenters. The highest BCUT2D eigenvalue weighted by atomic mass is 16.5. The Morgan fingerprint density at radius 1 is 1.26 bits per heavy atom. The molecule has 0 bridgehead atoms. The van der Waals surface area contributed by atoms with E-state index >= 15 is 0 Å². The van der Waals surface area contributed by atoms with Crippen LogP contribution in [0.3, 0.4) is 0 Å². The Bertz CT molecular complexity index is 645. The number of methoxy groups -OCH3 is 1. The topological polar surface area (TPSA) is 56.8 Å². The lowest BCUT2D eigenvalue weighted by Crippen LogP contribution is -2.32. The average Bonchev–Trinajstić information content (AvgIpc) is 3.15. The third-order valence-corrected chi connectivity index (χ3v) is 5.64. The summed E-state index contributed by atoms with van der Waals surface area (Å²) in [5.74, 6) is 0.522. The number of amides is 1. The fraction of sp³-hybridized carbons (Fsp3) is 0.591. The number of hydrogen-bond donors (Lipinski definition) is 1. The fourth-order valence-electron chi connectivity index (χ4n) is 4.22.